The Hall–Kier alpha value is -1.16. The molecular formula is C19H30N2O5S2. The smallest absolute Gasteiger partial charge is 0.240 e. The van der Waals surface area contributed by atoms with Gasteiger partial charge in [-0.25, -0.2) is 25.9 Å². The molecule has 1 aliphatic heterocycles. The highest BCUT2D eigenvalue weighted by Gasteiger charge is 2.41. The maximum absolute atomic E-state index is 12.5. The SMILES string of the molecule is CC(C)COc1ccc(S(=O)(=O)NCC2CCN(S(=O)(=O)C3CC3)CC2)cc1. The third-order valence-corrected chi connectivity index (χ3v) is 9.00. The molecule has 1 N–H and O–H groups in total. The van der Waals surface area contributed by atoms with Crippen molar-refractivity contribution in [3.63, 3.8) is 0 Å². The molecule has 9 heteroatoms. The second kappa shape index (κ2) is 8.69. The monoisotopic (exact) mass is 430 g/mol. The van der Waals surface area contributed by atoms with Crippen molar-refractivity contribution in [1.29, 1.82) is 0 Å². The van der Waals surface area contributed by atoms with Crippen molar-refractivity contribution in [2.75, 3.05) is 26.2 Å². The molecule has 2 aliphatic rings. The standard InChI is InChI=1S/C19H30N2O5S2/c1-15(2)14-26-17-3-5-18(6-4-17)27(22,23)20-13-16-9-11-21(12-10-16)28(24,25)19-7-8-19/h3-6,15-16,19-20H,7-14H2,1-2H3. The van der Waals surface area contributed by atoms with Gasteiger partial charge in [-0.1, -0.05) is 13.8 Å². The van der Waals surface area contributed by atoms with Crippen molar-refractivity contribution in [3.05, 3.63) is 24.3 Å². The highest BCUT2D eigenvalue weighted by molar-refractivity contribution is 7.90. The first-order valence-electron chi connectivity index (χ1n) is 9.90. The van der Waals surface area contributed by atoms with Crippen LogP contribution in [0.1, 0.15) is 39.5 Å². The van der Waals surface area contributed by atoms with Gasteiger partial charge in [0.2, 0.25) is 20.0 Å². The zero-order chi connectivity index (χ0) is 20.4. The molecule has 0 aromatic heterocycles. The van der Waals surface area contributed by atoms with Crippen molar-refractivity contribution in [2.24, 2.45) is 11.8 Å². The molecule has 1 aliphatic carbocycles. The molecule has 1 saturated heterocycles. The summed E-state index contributed by atoms with van der Waals surface area (Å²) < 4.78 is 59.4. The molecule has 158 valence electrons. The number of rotatable bonds is 9. The van der Waals surface area contributed by atoms with E-state index in [1.807, 2.05) is 0 Å². The van der Waals surface area contributed by atoms with E-state index in [2.05, 4.69) is 18.6 Å². The van der Waals surface area contributed by atoms with Gasteiger partial charge >= 0.3 is 0 Å². The van der Waals surface area contributed by atoms with Gasteiger partial charge in [-0.2, -0.15) is 0 Å². The second-order valence-corrected chi connectivity index (χ2v) is 12.1. The largest absolute Gasteiger partial charge is 0.493 e. The van der Waals surface area contributed by atoms with Gasteiger partial charge in [-0.05, 0) is 61.8 Å². The maximum Gasteiger partial charge on any atom is 0.240 e. The summed E-state index contributed by atoms with van der Waals surface area (Å²) >= 11 is 0. The van der Waals surface area contributed by atoms with Crippen molar-refractivity contribution in [2.45, 2.75) is 49.7 Å². The maximum atomic E-state index is 12.5. The minimum absolute atomic E-state index is 0.147. The molecule has 1 saturated carbocycles. The lowest BCUT2D eigenvalue weighted by Crippen LogP contribution is -2.42. The van der Waals surface area contributed by atoms with Crippen LogP contribution in [0.5, 0.6) is 5.75 Å². The minimum Gasteiger partial charge on any atom is -0.493 e. The fourth-order valence-electron chi connectivity index (χ4n) is 3.23. The van der Waals surface area contributed by atoms with Crippen molar-refractivity contribution in [3.8, 4) is 5.75 Å². The molecular weight excluding hydrogens is 400 g/mol. The van der Waals surface area contributed by atoms with Gasteiger partial charge in [-0.3, -0.25) is 0 Å². The van der Waals surface area contributed by atoms with Crippen molar-refractivity contribution >= 4 is 20.0 Å². The summed E-state index contributed by atoms with van der Waals surface area (Å²) in [5.41, 5.74) is 0. The van der Waals surface area contributed by atoms with E-state index in [4.69, 9.17) is 4.74 Å². The van der Waals surface area contributed by atoms with E-state index >= 15 is 0 Å². The molecule has 28 heavy (non-hydrogen) atoms. The Bertz CT molecular complexity index is 854. The number of hydrogen-bond acceptors (Lipinski definition) is 5. The third kappa shape index (κ3) is 5.46. The third-order valence-electron chi connectivity index (χ3n) is 5.16. The van der Waals surface area contributed by atoms with Crippen LogP contribution in [0.2, 0.25) is 0 Å². The summed E-state index contributed by atoms with van der Waals surface area (Å²) in [6, 6.07) is 6.42. The second-order valence-electron chi connectivity index (χ2n) is 8.11. The molecule has 1 aromatic carbocycles. The van der Waals surface area contributed by atoms with Crippen LogP contribution in [0.4, 0.5) is 0 Å². The summed E-state index contributed by atoms with van der Waals surface area (Å²) in [6.07, 6.45) is 2.89. The topological polar surface area (TPSA) is 92.8 Å². The normalized spacial score (nSPS) is 19.8. The fraction of sp³-hybridized carbons (Fsp3) is 0.684. The lowest BCUT2D eigenvalue weighted by atomic mass is 9.99. The van der Waals surface area contributed by atoms with E-state index in [0.29, 0.717) is 50.8 Å². The van der Waals surface area contributed by atoms with Gasteiger partial charge in [0.1, 0.15) is 5.75 Å². The Labute approximate surface area is 168 Å². The van der Waals surface area contributed by atoms with Gasteiger partial charge < -0.3 is 4.74 Å². The summed E-state index contributed by atoms with van der Waals surface area (Å²) in [6.45, 7) is 5.97. The first-order chi connectivity index (χ1) is 13.2. The molecule has 1 heterocycles. The zero-order valence-corrected chi connectivity index (χ0v) is 18.1. The molecule has 2 fully saturated rings. The number of nitrogens with one attached hydrogen (secondary N) is 1. The Morgan fingerprint density at radius 2 is 1.64 bits per heavy atom. The molecule has 3 rings (SSSR count). The van der Waals surface area contributed by atoms with Crippen molar-refractivity contribution < 1.29 is 21.6 Å². The molecule has 0 amide bonds. The van der Waals surface area contributed by atoms with Crippen LogP contribution in [0, 0.1) is 11.8 Å². The van der Waals surface area contributed by atoms with Crippen LogP contribution >= 0.6 is 0 Å². The lowest BCUT2D eigenvalue weighted by Gasteiger charge is -2.31. The van der Waals surface area contributed by atoms with E-state index < -0.39 is 20.0 Å². The van der Waals surface area contributed by atoms with Crippen LogP contribution < -0.4 is 9.46 Å². The van der Waals surface area contributed by atoms with Gasteiger partial charge in [0.05, 0.1) is 16.8 Å². The van der Waals surface area contributed by atoms with E-state index in [9.17, 15) is 16.8 Å². The number of ether oxygens (including phenoxy) is 1. The van der Waals surface area contributed by atoms with E-state index in [-0.39, 0.29) is 16.1 Å². The zero-order valence-electron chi connectivity index (χ0n) is 16.5. The van der Waals surface area contributed by atoms with E-state index in [1.165, 1.54) is 0 Å². The van der Waals surface area contributed by atoms with E-state index in [0.717, 1.165) is 12.8 Å². The fourth-order valence-corrected chi connectivity index (χ4v) is 6.22. The number of sulfonamides is 2. The number of hydrogen-bond donors (Lipinski definition) is 1. The van der Waals surface area contributed by atoms with Gasteiger partial charge in [0, 0.05) is 19.6 Å². The van der Waals surface area contributed by atoms with Crippen molar-refractivity contribution in [1.82, 2.24) is 9.03 Å². The summed E-state index contributed by atoms with van der Waals surface area (Å²) in [7, 11) is -6.72. The van der Waals surface area contributed by atoms with E-state index in [1.54, 1.807) is 28.6 Å². The molecule has 7 nitrogen and oxygen atoms in total. The van der Waals surface area contributed by atoms with Crippen LogP contribution in [-0.4, -0.2) is 52.6 Å². The molecule has 1 aromatic rings. The van der Waals surface area contributed by atoms with Crippen LogP contribution in [0.25, 0.3) is 0 Å². The summed E-state index contributed by atoms with van der Waals surface area (Å²) in [4.78, 5) is 0.207. The molecule has 0 unspecified atom stereocenters. The average Bonchev–Trinajstić information content (AvgIpc) is 3.51. The number of piperidine rings is 1. The Morgan fingerprint density at radius 3 is 2.18 bits per heavy atom. The summed E-state index contributed by atoms with van der Waals surface area (Å²) in [5.74, 6) is 1.20. The Morgan fingerprint density at radius 1 is 1.04 bits per heavy atom. The Balaban J connectivity index is 1.48. The quantitative estimate of drug-likeness (QED) is 0.648. The molecule has 0 spiro atoms. The first-order valence-corrected chi connectivity index (χ1v) is 12.9. The minimum atomic E-state index is -3.59. The van der Waals surface area contributed by atoms with Crippen LogP contribution in [-0.2, 0) is 20.0 Å². The van der Waals surface area contributed by atoms with Gasteiger partial charge in [0.25, 0.3) is 0 Å². The summed E-state index contributed by atoms with van der Waals surface area (Å²) in [5, 5.41) is -0.185. The number of nitrogens with zero attached hydrogens (tertiary/aromatic N) is 1. The Kier molecular flexibility index (Phi) is 6.69. The van der Waals surface area contributed by atoms with Gasteiger partial charge in [-0.15, -0.1) is 0 Å². The molecule has 0 bridgehead atoms. The number of benzene rings is 1. The van der Waals surface area contributed by atoms with Crippen LogP contribution in [0.15, 0.2) is 29.2 Å². The predicted octanol–water partition coefficient (Wildman–Crippen LogP) is 2.20. The molecule has 0 radical (unpaired) electrons. The predicted molar refractivity (Wildman–Crippen MR) is 108 cm³/mol. The highest BCUT2D eigenvalue weighted by Crippen LogP contribution is 2.33. The molecule has 0 atom stereocenters. The highest BCUT2D eigenvalue weighted by atomic mass is 32.2. The van der Waals surface area contributed by atoms with Gasteiger partial charge in [0.15, 0.2) is 0 Å². The first kappa shape index (κ1) is 21.5. The average molecular weight is 431 g/mol. The lowest BCUT2D eigenvalue weighted by molar-refractivity contribution is 0.271. The van der Waals surface area contributed by atoms with Crippen LogP contribution in [0.3, 0.4) is 0 Å².